The van der Waals surface area contributed by atoms with Gasteiger partial charge in [0.1, 0.15) is 0 Å². The second-order valence-electron chi connectivity index (χ2n) is 4.33. The molecule has 1 rings (SSSR count). The van der Waals surface area contributed by atoms with E-state index in [1.54, 1.807) is 0 Å². The average molecular weight is 194 g/mol. The van der Waals surface area contributed by atoms with Gasteiger partial charge in [0.2, 0.25) is 0 Å². The zero-order valence-corrected chi connectivity index (χ0v) is 9.42. The Bertz CT molecular complexity index is 204. The molecule has 80 valence electrons. The second-order valence-corrected chi connectivity index (χ2v) is 4.33. The van der Waals surface area contributed by atoms with Crippen LogP contribution in [-0.4, -0.2) is 30.6 Å². The maximum absolute atomic E-state index is 5.32. The molecule has 1 heterocycles. The van der Waals surface area contributed by atoms with Crippen molar-refractivity contribution in [1.29, 1.82) is 0 Å². The van der Waals surface area contributed by atoms with Gasteiger partial charge in [-0.25, -0.2) is 0 Å². The van der Waals surface area contributed by atoms with E-state index in [4.69, 9.17) is 5.73 Å². The van der Waals surface area contributed by atoms with Crippen LogP contribution in [0.4, 0.5) is 0 Å². The molecule has 1 saturated heterocycles. The monoisotopic (exact) mass is 194 g/mol. The van der Waals surface area contributed by atoms with Crippen LogP contribution in [0.25, 0.3) is 0 Å². The molecular formula is C12H22N2. The fraction of sp³-hybridized carbons (Fsp3) is 0.833. The molecule has 0 radical (unpaired) electrons. The molecule has 0 aromatic heterocycles. The summed E-state index contributed by atoms with van der Waals surface area (Å²) in [6.45, 7) is 7.53. The largest absolute Gasteiger partial charge is 0.320 e. The van der Waals surface area contributed by atoms with Gasteiger partial charge in [-0.1, -0.05) is 5.92 Å². The Morgan fingerprint density at radius 2 is 1.93 bits per heavy atom. The van der Waals surface area contributed by atoms with E-state index in [9.17, 15) is 0 Å². The van der Waals surface area contributed by atoms with Gasteiger partial charge < -0.3 is 10.6 Å². The Morgan fingerprint density at radius 1 is 1.29 bits per heavy atom. The molecule has 1 fully saturated rings. The first-order valence-corrected chi connectivity index (χ1v) is 5.64. The highest BCUT2D eigenvalue weighted by molar-refractivity contribution is 5.01. The van der Waals surface area contributed by atoms with Crippen molar-refractivity contribution in [2.24, 2.45) is 11.7 Å². The highest BCUT2D eigenvalue weighted by Gasteiger charge is 2.19. The van der Waals surface area contributed by atoms with Gasteiger partial charge in [-0.15, -0.1) is 5.92 Å². The van der Waals surface area contributed by atoms with Gasteiger partial charge in [-0.2, -0.15) is 0 Å². The molecule has 0 saturated carbocycles. The molecule has 1 aliphatic rings. The zero-order valence-electron chi connectivity index (χ0n) is 9.42. The van der Waals surface area contributed by atoms with E-state index in [1.165, 1.54) is 25.9 Å². The van der Waals surface area contributed by atoms with Crippen molar-refractivity contribution >= 4 is 0 Å². The normalized spacial score (nSPS) is 19.4. The maximum Gasteiger partial charge on any atom is 0.0551 e. The number of rotatable bonds is 2. The van der Waals surface area contributed by atoms with Gasteiger partial charge in [-0.05, 0) is 45.7 Å². The number of likely N-dealkylation sites (tertiary alicyclic amines) is 1. The molecule has 0 aromatic rings. The lowest BCUT2D eigenvalue weighted by molar-refractivity contribution is 0.151. The van der Waals surface area contributed by atoms with Crippen LogP contribution in [0.2, 0.25) is 0 Å². The fourth-order valence-corrected chi connectivity index (χ4v) is 1.96. The van der Waals surface area contributed by atoms with Crippen LogP contribution in [0, 0.1) is 17.8 Å². The quantitative estimate of drug-likeness (QED) is 0.674. The third-order valence-corrected chi connectivity index (χ3v) is 3.00. The van der Waals surface area contributed by atoms with Crippen molar-refractivity contribution in [2.45, 2.75) is 39.2 Å². The summed E-state index contributed by atoms with van der Waals surface area (Å²) >= 11 is 0. The zero-order chi connectivity index (χ0) is 10.4. The molecule has 0 bridgehead atoms. The highest BCUT2D eigenvalue weighted by Crippen LogP contribution is 2.21. The molecule has 14 heavy (non-hydrogen) atoms. The minimum absolute atomic E-state index is 0.505. The molecule has 0 unspecified atom stereocenters. The lowest BCUT2D eigenvalue weighted by Crippen LogP contribution is -2.38. The van der Waals surface area contributed by atoms with Crippen LogP contribution in [-0.2, 0) is 0 Å². The van der Waals surface area contributed by atoms with Crippen molar-refractivity contribution in [3.63, 3.8) is 0 Å². The van der Waals surface area contributed by atoms with E-state index < -0.39 is 0 Å². The van der Waals surface area contributed by atoms with Gasteiger partial charge in [-0.3, -0.25) is 0 Å². The lowest BCUT2D eigenvalue weighted by Gasteiger charge is -2.33. The standard InChI is InChI=1S/C12H22N2/c1-11(2)14-9-6-12(7-10-14)5-3-4-8-13/h11-12H,5-10,13H2,1-2H3. The van der Waals surface area contributed by atoms with Crippen LogP contribution in [0.1, 0.15) is 33.1 Å². The summed E-state index contributed by atoms with van der Waals surface area (Å²) in [5.74, 6) is 6.91. The molecule has 2 heteroatoms. The summed E-state index contributed by atoms with van der Waals surface area (Å²) in [7, 11) is 0. The molecule has 0 spiro atoms. The lowest BCUT2D eigenvalue weighted by atomic mass is 9.93. The smallest absolute Gasteiger partial charge is 0.0551 e. The number of hydrogen-bond donors (Lipinski definition) is 1. The number of hydrogen-bond acceptors (Lipinski definition) is 2. The molecule has 0 aromatic carbocycles. The van der Waals surface area contributed by atoms with Gasteiger partial charge in [0, 0.05) is 12.5 Å². The third kappa shape index (κ3) is 3.69. The predicted octanol–water partition coefficient (Wildman–Crippen LogP) is 1.46. The van der Waals surface area contributed by atoms with Crippen LogP contribution >= 0.6 is 0 Å². The first-order valence-electron chi connectivity index (χ1n) is 5.64. The minimum atomic E-state index is 0.505. The molecule has 0 amide bonds. The van der Waals surface area contributed by atoms with E-state index in [1.807, 2.05) is 0 Å². The van der Waals surface area contributed by atoms with E-state index >= 15 is 0 Å². The van der Waals surface area contributed by atoms with Crippen LogP contribution in [0.3, 0.4) is 0 Å². The van der Waals surface area contributed by atoms with Gasteiger partial charge in [0.25, 0.3) is 0 Å². The van der Waals surface area contributed by atoms with Crippen molar-refractivity contribution < 1.29 is 0 Å². The topological polar surface area (TPSA) is 29.3 Å². The molecular weight excluding hydrogens is 172 g/mol. The molecule has 2 N–H and O–H groups in total. The molecule has 0 atom stereocenters. The van der Waals surface area contributed by atoms with Crippen LogP contribution in [0.15, 0.2) is 0 Å². The fourth-order valence-electron chi connectivity index (χ4n) is 1.96. The second kappa shape index (κ2) is 6.06. The summed E-state index contributed by atoms with van der Waals surface area (Å²) in [6.07, 6.45) is 3.65. The van der Waals surface area contributed by atoms with E-state index in [0.29, 0.717) is 12.6 Å². The average Bonchev–Trinajstić information content (AvgIpc) is 2.19. The van der Waals surface area contributed by atoms with Crippen molar-refractivity contribution in [2.75, 3.05) is 19.6 Å². The SMILES string of the molecule is CC(C)N1CCC(CC#CCN)CC1. The number of nitrogens with zero attached hydrogens (tertiary/aromatic N) is 1. The van der Waals surface area contributed by atoms with Gasteiger partial charge in [0.15, 0.2) is 0 Å². The Morgan fingerprint density at radius 3 is 2.43 bits per heavy atom. The van der Waals surface area contributed by atoms with Crippen molar-refractivity contribution in [3.05, 3.63) is 0 Å². The molecule has 0 aliphatic carbocycles. The number of nitrogens with two attached hydrogens (primary N) is 1. The Hall–Kier alpha value is -0.520. The van der Waals surface area contributed by atoms with Crippen LogP contribution < -0.4 is 5.73 Å². The summed E-state index contributed by atoms with van der Waals surface area (Å²) < 4.78 is 0. The summed E-state index contributed by atoms with van der Waals surface area (Å²) in [6, 6.07) is 0.700. The maximum atomic E-state index is 5.32. The first-order chi connectivity index (χ1) is 6.74. The summed E-state index contributed by atoms with van der Waals surface area (Å²) in [5.41, 5.74) is 5.32. The third-order valence-electron chi connectivity index (χ3n) is 3.00. The molecule has 2 nitrogen and oxygen atoms in total. The van der Waals surface area contributed by atoms with Crippen molar-refractivity contribution in [3.8, 4) is 11.8 Å². The first kappa shape index (κ1) is 11.6. The summed E-state index contributed by atoms with van der Waals surface area (Å²) in [5, 5.41) is 0. The van der Waals surface area contributed by atoms with Gasteiger partial charge >= 0.3 is 0 Å². The predicted molar refractivity (Wildman–Crippen MR) is 60.9 cm³/mol. The van der Waals surface area contributed by atoms with Crippen molar-refractivity contribution in [1.82, 2.24) is 4.90 Å². The van der Waals surface area contributed by atoms with Crippen LogP contribution in [0.5, 0.6) is 0 Å². The minimum Gasteiger partial charge on any atom is -0.320 e. The Kier molecular flexibility index (Phi) is 5.00. The van der Waals surface area contributed by atoms with E-state index in [0.717, 1.165) is 12.3 Å². The highest BCUT2D eigenvalue weighted by atomic mass is 15.1. The molecule has 1 aliphatic heterocycles. The van der Waals surface area contributed by atoms with E-state index in [2.05, 4.69) is 30.6 Å². The Labute approximate surface area is 87.8 Å². The van der Waals surface area contributed by atoms with Gasteiger partial charge in [0.05, 0.1) is 6.54 Å². The number of piperidine rings is 1. The van der Waals surface area contributed by atoms with E-state index in [-0.39, 0.29) is 0 Å². The Balaban J connectivity index is 2.22. The summed E-state index contributed by atoms with van der Waals surface area (Å²) in [4.78, 5) is 2.55.